The second kappa shape index (κ2) is 5.64. The minimum Gasteiger partial charge on any atom is -0.344 e. The molecule has 0 rings (SSSR count). The molecule has 0 radical (unpaired) electrons. The summed E-state index contributed by atoms with van der Waals surface area (Å²) in [6, 6.07) is 0. The summed E-state index contributed by atoms with van der Waals surface area (Å²) in [5.74, 6) is 0.126. The molecule has 64 valence electrons. The minimum atomic E-state index is -3.20. The van der Waals surface area contributed by atoms with Crippen molar-refractivity contribution in [1.29, 1.82) is 0 Å². The van der Waals surface area contributed by atoms with E-state index < -0.39 is 10.0 Å². The highest BCUT2D eigenvalue weighted by Crippen LogP contribution is 1.94. The van der Waals surface area contributed by atoms with E-state index >= 15 is 0 Å². The summed E-state index contributed by atoms with van der Waals surface area (Å²) < 4.78 is 20.6. The van der Waals surface area contributed by atoms with Crippen LogP contribution in [0, 0.1) is 0 Å². The van der Waals surface area contributed by atoms with Crippen LogP contribution in [-0.2, 0) is 10.0 Å². The minimum absolute atomic E-state index is 0. The molecule has 0 aromatic rings. The van der Waals surface area contributed by atoms with Gasteiger partial charge in [0.2, 0.25) is 10.0 Å². The molecule has 0 saturated carbocycles. The Bertz CT molecular complexity index is 153. The summed E-state index contributed by atoms with van der Waals surface area (Å²) in [4.78, 5) is 0. The largest absolute Gasteiger partial charge is 0.344 e. The first kappa shape index (κ1) is 12.5. The predicted octanol–water partition coefficient (Wildman–Crippen LogP) is 0.627. The maximum atomic E-state index is 10.3. The first-order chi connectivity index (χ1) is 4.06. The van der Waals surface area contributed by atoms with Crippen molar-refractivity contribution >= 4 is 10.0 Å². The second-order valence-corrected chi connectivity index (χ2v) is 3.81. The van der Waals surface area contributed by atoms with Gasteiger partial charge in [0.05, 0.1) is 5.75 Å². The van der Waals surface area contributed by atoms with Crippen molar-refractivity contribution in [3.05, 3.63) is 0 Å². The van der Waals surface area contributed by atoms with Gasteiger partial charge in [-0.1, -0.05) is 19.8 Å². The van der Waals surface area contributed by atoms with Crippen LogP contribution in [0.25, 0.3) is 0 Å². The maximum absolute atomic E-state index is 10.3. The molecule has 0 aromatic carbocycles. The van der Waals surface area contributed by atoms with E-state index in [-0.39, 0.29) is 11.9 Å². The van der Waals surface area contributed by atoms with Crippen LogP contribution in [0.2, 0.25) is 0 Å². The standard InChI is InChI=1S/C5H13NO2S.H3N/c1-2-3-4-5-9(6,7)8;/h2-5H2,1H3,(H2,6,7,8);1H3. The number of nitrogens with two attached hydrogens (primary N) is 1. The van der Waals surface area contributed by atoms with Crippen molar-refractivity contribution in [3.8, 4) is 0 Å². The normalized spacial score (nSPS) is 10.6. The van der Waals surface area contributed by atoms with Gasteiger partial charge in [0.15, 0.2) is 0 Å². The van der Waals surface area contributed by atoms with Crippen LogP contribution in [-0.4, -0.2) is 14.2 Å². The topological polar surface area (TPSA) is 95.2 Å². The van der Waals surface area contributed by atoms with Crippen molar-refractivity contribution in [2.24, 2.45) is 5.14 Å². The summed E-state index contributed by atoms with van der Waals surface area (Å²) in [7, 11) is -3.20. The lowest BCUT2D eigenvalue weighted by Crippen LogP contribution is -2.16. The number of sulfonamides is 1. The Hall–Kier alpha value is -0.130. The van der Waals surface area contributed by atoms with Crippen LogP contribution in [0.5, 0.6) is 0 Å². The van der Waals surface area contributed by atoms with E-state index in [0.717, 1.165) is 12.8 Å². The predicted molar refractivity (Wildman–Crippen MR) is 42.5 cm³/mol. The zero-order valence-corrected chi connectivity index (χ0v) is 7.15. The Balaban J connectivity index is 0. The zero-order chi connectivity index (χ0) is 7.33. The summed E-state index contributed by atoms with van der Waals surface area (Å²) in [6.45, 7) is 2.02. The Morgan fingerprint density at radius 2 is 1.80 bits per heavy atom. The smallest absolute Gasteiger partial charge is 0.209 e. The van der Waals surface area contributed by atoms with Gasteiger partial charge in [0, 0.05) is 0 Å². The lowest BCUT2D eigenvalue weighted by atomic mass is 10.3. The van der Waals surface area contributed by atoms with Gasteiger partial charge < -0.3 is 6.15 Å². The molecule has 0 amide bonds. The van der Waals surface area contributed by atoms with Gasteiger partial charge in [0.25, 0.3) is 0 Å². The lowest BCUT2D eigenvalue weighted by Gasteiger charge is -1.94. The van der Waals surface area contributed by atoms with Gasteiger partial charge in [-0.2, -0.15) is 0 Å². The molecule has 0 unspecified atom stereocenters. The van der Waals surface area contributed by atoms with Crippen LogP contribution >= 0.6 is 0 Å². The molecule has 0 fully saturated rings. The van der Waals surface area contributed by atoms with Gasteiger partial charge >= 0.3 is 0 Å². The third-order valence-corrected chi connectivity index (χ3v) is 1.89. The molecule has 0 bridgehead atoms. The van der Waals surface area contributed by atoms with Crippen LogP contribution in [0.15, 0.2) is 0 Å². The maximum Gasteiger partial charge on any atom is 0.209 e. The molecule has 0 aliphatic carbocycles. The van der Waals surface area contributed by atoms with Gasteiger partial charge in [-0.05, 0) is 6.42 Å². The van der Waals surface area contributed by atoms with Crippen molar-refractivity contribution in [1.82, 2.24) is 6.15 Å². The molecule has 0 saturated heterocycles. The summed E-state index contributed by atoms with van der Waals surface area (Å²) in [5, 5.41) is 4.75. The van der Waals surface area contributed by atoms with E-state index in [2.05, 4.69) is 0 Å². The van der Waals surface area contributed by atoms with Crippen LogP contribution in [0.3, 0.4) is 0 Å². The lowest BCUT2D eigenvalue weighted by molar-refractivity contribution is 0.592. The Morgan fingerprint density at radius 3 is 2.10 bits per heavy atom. The SMILES string of the molecule is CCCCCS(N)(=O)=O.N. The number of hydrogen-bond donors (Lipinski definition) is 2. The molecular weight excluding hydrogens is 152 g/mol. The summed E-state index contributed by atoms with van der Waals surface area (Å²) in [5.41, 5.74) is 0. The molecule has 0 heterocycles. The summed E-state index contributed by atoms with van der Waals surface area (Å²) >= 11 is 0. The number of primary sulfonamides is 1. The zero-order valence-electron chi connectivity index (χ0n) is 6.34. The second-order valence-electron chi connectivity index (χ2n) is 2.07. The van der Waals surface area contributed by atoms with E-state index in [1.54, 1.807) is 0 Å². The third kappa shape index (κ3) is 10.8. The van der Waals surface area contributed by atoms with Crippen LogP contribution in [0.1, 0.15) is 26.2 Å². The first-order valence-electron chi connectivity index (χ1n) is 3.06. The molecule has 0 aliphatic heterocycles. The molecule has 4 nitrogen and oxygen atoms in total. The third-order valence-electron chi connectivity index (χ3n) is 1.03. The van der Waals surface area contributed by atoms with Crippen molar-refractivity contribution in [2.75, 3.05) is 5.75 Å². The van der Waals surface area contributed by atoms with Crippen LogP contribution < -0.4 is 11.3 Å². The average Bonchev–Trinajstić information content (AvgIpc) is 1.63. The van der Waals surface area contributed by atoms with Gasteiger partial charge in [-0.3, -0.25) is 0 Å². The molecule has 0 aliphatic rings. The fourth-order valence-corrected chi connectivity index (χ4v) is 1.16. The highest BCUT2D eigenvalue weighted by Gasteiger charge is 1.99. The number of rotatable bonds is 4. The monoisotopic (exact) mass is 168 g/mol. The highest BCUT2D eigenvalue weighted by atomic mass is 32.2. The fourth-order valence-electron chi connectivity index (χ4n) is 0.553. The van der Waals surface area contributed by atoms with E-state index in [4.69, 9.17) is 5.14 Å². The first-order valence-corrected chi connectivity index (χ1v) is 4.78. The van der Waals surface area contributed by atoms with E-state index in [0.29, 0.717) is 6.42 Å². The quantitative estimate of drug-likeness (QED) is 0.602. The van der Waals surface area contributed by atoms with Gasteiger partial charge in [-0.25, -0.2) is 13.6 Å². The van der Waals surface area contributed by atoms with Gasteiger partial charge in [0.1, 0.15) is 0 Å². The fraction of sp³-hybridized carbons (Fsp3) is 1.00. The average molecular weight is 168 g/mol. The van der Waals surface area contributed by atoms with E-state index in [1.807, 2.05) is 6.92 Å². The number of unbranched alkanes of at least 4 members (excludes halogenated alkanes) is 2. The molecule has 10 heavy (non-hydrogen) atoms. The molecule has 5 heteroatoms. The molecule has 5 N–H and O–H groups in total. The molecule has 0 aromatic heterocycles. The highest BCUT2D eigenvalue weighted by molar-refractivity contribution is 7.89. The van der Waals surface area contributed by atoms with Crippen molar-refractivity contribution in [2.45, 2.75) is 26.2 Å². The Kier molecular flexibility index (Phi) is 7.07. The molecular formula is C5H16N2O2S. The summed E-state index contributed by atoms with van der Waals surface area (Å²) in [6.07, 6.45) is 2.65. The Morgan fingerprint density at radius 1 is 1.30 bits per heavy atom. The van der Waals surface area contributed by atoms with Crippen molar-refractivity contribution < 1.29 is 8.42 Å². The van der Waals surface area contributed by atoms with E-state index in [1.165, 1.54) is 0 Å². The number of hydrogen-bond acceptors (Lipinski definition) is 3. The molecule has 0 atom stereocenters. The van der Waals surface area contributed by atoms with Crippen molar-refractivity contribution in [3.63, 3.8) is 0 Å². The Labute approximate surface area is 62.4 Å². The van der Waals surface area contributed by atoms with Crippen LogP contribution in [0.4, 0.5) is 0 Å². The van der Waals surface area contributed by atoms with E-state index in [9.17, 15) is 8.42 Å². The molecule has 0 spiro atoms. The van der Waals surface area contributed by atoms with Gasteiger partial charge in [-0.15, -0.1) is 0 Å².